The van der Waals surface area contributed by atoms with Gasteiger partial charge in [-0.3, -0.25) is 19.7 Å². The summed E-state index contributed by atoms with van der Waals surface area (Å²) in [5.41, 5.74) is 0.144. The van der Waals surface area contributed by atoms with Gasteiger partial charge in [0.05, 0.1) is 10.5 Å². The van der Waals surface area contributed by atoms with Crippen LogP contribution in [0.3, 0.4) is 0 Å². The first-order valence-corrected chi connectivity index (χ1v) is 8.14. The molecule has 0 bridgehead atoms. The lowest BCUT2D eigenvalue weighted by Crippen LogP contribution is -2.25. The van der Waals surface area contributed by atoms with E-state index in [0.29, 0.717) is 24.3 Å². The normalized spacial score (nSPS) is 10.6. The molecule has 1 aromatic rings. The summed E-state index contributed by atoms with van der Waals surface area (Å²) in [5.74, 6) is -1.25. The Balaban J connectivity index is 2.77. The van der Waals surface area contributed by atoms with Gasteiger partial charge in [-0.1, -0.05) is 13.8 Å². The average molecular weight is 340 g/mol. The van der Waals surface area contributed by atoms with Crippen molar-refractivity contribution in [1.29, 1.82) is 0 Å². The first-order valence-electron chi connectivity index (χ1n) is 7.26. The first-order chi connectivity index (χ1) is 10.8. The van der Waals surface area contributed by atoms with Crippen LogP contribution >= 0.6 is 11.8 Å². The molecule has 1 aromatic carbocycles. The molecule has 126 valence electrons. The summed E-state index contributed by atoms with van der Waals surface area (Å²) in [5, 5.41) is 22.4. The van der Waals surface area contributed by atoms with Gasteiger partial charge in [-0.2, -0.15) is 0 Å². The zero-order valence-corrected chi connectivity index (χ0v) is 13.9. The minimum Gasteiger partial charge on any atom is -0.481 e. The number of amides is 1. The number of aliphatic carboxylic acids is 1. The zero-order chi connectivity index (χ0) is 17.4. The number of unbranched alkanes of at least 4 members (excludes halogenated alkanes) is 1. The van der Waals surface area contributed by atoms with Crippen LogP contribution in [0.25, 0.3) is 0 Å². The number of nitrogens with one attached hydrogen (secondary N) is 1. The van der Waals surface area contributed by atoms with Gasteiger partial charge in [0.25, 0.3) is 11.6 Å². The molecule has 2 N–H and O–H groups in total. The Hall–Kier alpha value is -2.09. The SMILES string of the molecule is CC(C)Sc1ccc([N+](=O)[O-])cc1C(=O)NCCCCC(=O)O. The van der Waals surface area contributed by atoms with Crippen molar-refractivity contribution in [2.24, 2.45) is 0 Å². The molecular weight excluding hydrogens is 320 g/mol. The summed E-state index contributed by atoms with van der Waals surface area (Å²) in [6, 6.07) is 4.24. The third-order valence-corrected chi connectivity index (χ3v) is 3.97. The molecule has 0 aromatic heterocycles. The molecule has 0 unspecified atom stereocenters. The minimum atomic E-state index is -0.870. The van der Waals surface area contributed by atoms with E-state index in [-0.39, 0.29) is 28.8 Å². The fraction of sp³-hybridized carbons (Fsp3) is 0.467. The van der Waals surface area contributed by atoms with Gasteiger partial charge in [0.2, 0.25) is 0 Å². The molecule has 1 amide bonds. The Labute approximate surface area is 138 Å². The van der Waals surface area contributed by atoms with Crippen LogP contribution < -0.4 is 5.32 Å². The van der Waals surface area contributed by atoms with Gasteiger partial charge < -0.3 is 10.4 Å². The number of carboxylic acid groups (broad SMARTS) is 1. The van der Waals surface area contributed by atoms with Gasteiger partial charge in [-0.25, -0.2) is 0 Å². The second-order valence-electron chi connectivity index (χ2n) is 5.21. The van der Waals surface area contributed by atoms with Crippen LogP contribution in [0.4, 0.5) is 5.69 Å². The highest BCUT2D eigenvalue weighted by atomic mass is 32.2. The molecule has 0 aliphatic rings. The number of thioether (sulfide) groups is 1. The molecule has 0 aliphatic carbocycles. The van der Waals surface area contributed by atoms with Gasteiger partial charge in [0.1, 0.15) is 0 Å². The number of carbonyl (C=O) groups excluding carboxylic acids is 1. The van der Waals surface area contributed by atoms with Gasteiger partial charge in [0, 0.05) is 35.2 Å². The Morgan fingerprint density at radius 1 is 1.35 bits per heavy atom. The Bertz CT molecular complexity index is 589. The lowest BCUT2D eigenvalue weighted by atomic mass is 10.1. The van der Waals surface area contributed by atoms with E-state index >= 15 is 0 Å². The van der Waals surface area contributed by atoms with Crippen LogP contribution in [0.5, 0.6) is 0 Å². The summed E-state index contributed by atoms with van der Waals surface area (Å²) < 4.78 is 0. The molecule has 0 spiro atoms. The molecule has 1 rings (SSSR count). The van der Waals surface area contributed by atoms with Crippen molar-refractivity contribution >= 4 is 29.3 Å². The van der Waals surface area contributed by atoms with Crippen LogP contribution in [0.15, 0.2) is 23.1 Å². The fourth-order valence-corrected chi connectivity index (χ4v) is 2.80. The number of carbonyl (C=O) groups is 2. The predicted octanol–water partition coefficient (Wildman–Crippen LogP) is 3.08. The Morgan fingerprint density at radius 3 is 2.61 bits per heavy atom. The molecule has 23 heavy (non-hydrogen) atoms. The number of non-ortho nitro benzene ring substituents is 1. The summed E-state index contributed by atoms with van der Waals surface area (Å²) in [6.45, 7) is 4.28. The van der Waals surface area contributed by atoms with Crippen LogP contribution in [0, 0.1) is 10.1 Å². The van der Waals surface area contributed by atoms with E-state index in [0.717, 1.165) is 0 Å². The van der Waals surface area contributed by atoms with Gasteiger partial charge in [-0.15, -0.1) is 11.8 Å². The third-order valence-electron chi connectivity index (χ3n) is 2.88. The number of hydrogen-bond acceptors (Lipinski definition) is 5. The summed E-state index contributed by atoms with van der Waals surface area (Å²) in [7, 11) is 0. The molecular formula is C15H20N2O5S. The van der Waals surface area contributed by atoms with Crippen molar-refractivity contribution in [2.45, 2.75) is 43.3 Å². The smallest absolute Gasteiger partial charge is 0.303 e. The van der Waals surface area contributed by atoms with Crippen molar-refractivity contribution in [3.05, 3.63) is 33.9 Å². The molecule has 0 saturated carbocycles. The predicted molar refractivity (Wildman–Crippen MR) is 87.9 cm³/mol. The Morgan fingerprint density at radius 2 is 2.04 bits per heavy atom. The number of nitro groups is 1. The van der Waals surface area contributed by atoms with Gasteiger partial charge in [0.15, 0.2) is 0 Å². The van der Waals surface area contributed by atoms with E-state index in [1.807, 2.05) is 13.8 Å². The van der Waals surface area contributed by atoms with E-state index in [2.05, 4.69) is 5.32 Å². The third kappa shape index (κ3) is 6.68. The van der Waals surface area contributed by atoms with Crippen molar-refractivity contribution in [1.82, 2.24) is 5.32 Å². The standard InChI is InChI=1S/C15H20N2O5S/c1-10(2)23-13-7-6-11(17(21)22)9-12(13)15(20)16-8-4-3-5-14(18)19/h6-7,9-10H,3-5,8H2,1-2H3,(H,16,20)(H,18,19). The van der Waals surface area contributed by atoms with Crippen molar-refractivity contribution in [2.75, 3.05) is 6.54 Å². The lowest BCUT2D eigenvalue weighted by molar-refractivity contribution is -0.384. The van der Waals surface area contributed by atoms with Crippen LogP contribution in [0.1, 0.15) is 43.5 Å². The molecule has 0 saturated heterocycles. The second-order valence-corrected chi connectivity index (χ2v) is 6.83. The molecule has 0 fully saturated rings. The van der Waals surface area contributed by atoms with Crippen molar-refractivity contribution in [3.8, 4) is 0 Å². The van der Waals surface area contributed by atoms with Crippen LogP contribution in [-0.2, 0) is 4.79 Å². The van der Waals surface area contributed by atoms with Crippen molar-refractivity contribution < 1.29 is 19.6 Å². The molecule has 8 heteroatoms. The van der Waals surface area contributed by atoms with E-state index in [9.17, 15) is 19.7 Å². The molecule has 0 aliphatic heterocycles. The summed E-state index contributed by atoms with van der Waals surface area (Å²) in [4.78, 5) is 33.7. The second kappa shape index (κ2) is 9.14. The minimum absolute atomic E-state index is 0.0567. The molecule has 0 atom stereocenters. The van der Waals surface area contributed by atoms with Gasteiger partial charge in [-0.05, 0) is 18.9 Å². The topological polar surface area (TPSA) is 110 Å². The lowest BCUT2D eigenvalue weighted by Gasteiger charge is -2.11. The number of benzene rings is 1. The number of nitrogens with zero attached hydrogens (tertiary/aromatic N) is 1. The number of nitro benzene ring substituents is 1. The Kier molecular flexibility index (Phi) is 7.53. The maximum atomic E-state index is 12.3. The summed E-state index contributed by atoms with van der Waals surface area (Å²) in [6.07, 6.45) is 1.07. The highest BCUT2D eigenvalue weighted by Crippen LogP contribution is 2.29. The van der Waals surface area contributed by atoms with E-state index < -0.39 is 10.9 Å². The van der Waals surface area contributed by atoms with Crippen LogP contribution in [0.2, 0.25) is 0 Å². The average Bonchev–Trinajstić information content (AvgIpc) is 2.45. The molecule has 0 heterocycles. The summed E-state index contributed by atoms with van der Waals surface area (Å²) >= 11 is 1.46. The van der Waals surface area contributed by atoms with Gasteiger partial charge >= 0.3 is 5.97 Å². The maximum Gasteiger partial charge on any atom is 0.303 e. The number of carboxylic acids is 1. The zero-order valence-electron chi connectivity index (χ0n) is 13.1. The number of rotatable bonds is 9. The first kappa shape index (κ1) is 19.0. The van der Waals surface area contributed by atoms with Crippen LogP contribution in [-0.4, -0.2) is 33.7 Å². The quantitative estimate of drug-likeness (QED) is 0.309. The van der Waals surface area contributed by atoms with E-state index in [4.69, 9.17) is 5.11 Å². The molecule has 0 radical (unpaired) electrons. The van der Waals surface area contributed by atoms with Crippen molar-refractivity contribution in [3.63, 3.8) is 0 Å². The highest BCUT2D eigenvalue weighted by Gasteiger charge is 2.17. The maximum absolute atomic E-state index is 12.3. The molecule has 7 nitrogen and oxygen atoms in total. The highest BCUT2D eigenvalue weighted by molar-refractivity contribution is 8.00. The number of hydrogen-bond donors (Lipinski definition) is 2. The monoisotopic (exact) mass is 340 g/mol. The van der Waals surface area contributed by atoms with E-state index in [1.54, 1.807) is 6.07 Å². The van der Waals surface area contributed by atoms with E-state index in [1.165, 1.54) is 23.9 Å². The largest absolute Gasteiger partial charge is 0.481 e. The fourth-order valence-electron chi connectivity index (χ4n) is 1.86.